The summed E-state index contributed by atoms with van der Waals surface area (Å²) in [6.07, 6.45) is 19.0. The third-order valence-corrected chi connectivity index (χ3v) is 6.69. The number of nitrogens with two attached hydrogens (primary N) is 1. The number of nitrogens with zero attached hydrogens (tertiary/aromatic N) is 1. The Labute approximate surface area is 170 Å². The van der Waals surface area contributed by atoms with Gasteiger partial charge in [-0.05, 0) is 57.5 Å². The summed E-state index contributed by atoms with van der Waals surface area (Å²) in [4.78, 5) is 2.61. The van der Waals surface area contributed by atoms with Crippen LogP contribution < -0.4 is 5.73 Å². The highest BCUT2D eigenvalue weighted by molar-refractivity contribution is 4.93. The van der Waals surface area contributed by atoms with Crippen LogP contribution in [0, 0.1) is 5.92 Å². The predicted molar refractivity (Wildman–Crippen MR) is 119 cm³/mol. The Kier molecular flexibility index (Phi) is 13.7. The van der Waals surface area contributed by atoms with Gasteiger partial charge in [-0.1, -0.05) is 85.0 Å². The van der Waals surface area contributed by atoms with Crippen LogP contribution in [0.1, 0.15) is 124 Å². The largest absolute Gasteiger partial charge is 0.393 e. The Morgan fingerprint density at radius 3 is 1.96 bits per heavy atom. The topological polar surface area (TPSA) is 49.5 Å². The van der Waals surface area contributed by atoms with Gasteiger partial charge in [0.05, 0.1) is 11.8 Å². The van der Waals surface area contributed by atoms with Crippen molar-refractivity contribution in [2.45, 2.75) is 135 Å². The fourth-order valence-corrected chi connectivity index (χ4v) is 4.88. The van der Waals surface area contributed by atoms with Gasteiger partial charge in [-0.3, -0.25) is 4.90 Å². The van der Waals surface area contributed by atoms with Crippen molar-refractivity contribution in [3.63, 3.8) is 0 Å². The second-order valence-electron chi connectivity index (χ2n) is 9.07. The molecule has 0 spiro atoms. The molecule has 1 rings (SSSR count). The minimum absolute atomic E-state index is 0.179. The highest BCUT2D eigenvalue weighted by Crippen LogP contribution is 2.35. The lowest BCUT2D eigenvalue weighted by molar-refractivity contribution is -0.0155. The molecule has 3 unspecified atom stereocenters. The van der Waals surface area contributed by atoms with Crippen LogP contribution >= 0.6 is 0 Å². The Morgan fingerprint density at radius 1 is 0.815 bits per heavy atom. The van der Waals surface area contributed by atoms with Crippen LogP contribution in [0.4, 0.5) is 0 Å². The molecule has 1 heterocycles. The van der Waals surface area contributed by atoms with E-state index in [0.29, 0.717) is 5.92 Å². The summed E-state index contributed by atoms with van der Waals surface area (Å²) in [7, 11) is 0. The smallest absolute Gasteiger partial charge is 0.0717 e. The zero-order chi connectivity index (χ0) is 20.0. The summed E-state index contributed by atoms with van der Waals surface area (Å²) in [6.45, 7) is 9.08. The third kappa shape index (κ3) is 9.28. The van der Waals surface area contributed by atoms with Gasteiger partial charge in [-0.25, -0.2) is 0 Å². The summed E-state index contributed by atoms with van der Waals surface area (Å²) in [5, 5.41) is 10.8. The SMILES string of the molecule is CCCCCC(O)CC(CCCCC)C(N)(CCCCC)N1CCCCC1. The first-order valence-corrected chi connectivity index (χ1v) is 12.3. The normalized spacial score (nSPS) is 20.3. The second kappa shape index (κ2) is 14.8. The Morgan fingerprint density at radius 2 is 1.37 bits per heavy atom. The highest BCUT2D eigenvalue weighted by atomic mass is 16.3. The molecule has 1 aliphatic rings. The summed E-state index contributed by atoms with van der Waals surface area (Å²) in [5.41, 5.74) is 7.04. The molecule has 0 saturated carbocycles. The average Bonchev–Trinajstić information content (AvgIpc) is 2.68. The summed E-state index contributed by atoms with van der Waals surface area (Å²) >= 11 is 0. The number of aliphatic hydroxyl groups is 1. The molecule has 0 aromatic rings. The summed E-state index contributed by atoms with van der Waals surface area (Å²) < 4.78 is 0. The Balaban J connectivity index is 2.84. The van der Waals surface area contributed by atoms with Gasteiger partial charge in [0.1, 0.15) is 0 Å². The molecule has 0 aromatic carbocycles. The van der Waals surface area contributed by atoms with Crippen LogP contribution in [0.15, 0.2) is 0 Å². The van der Waals surface area contributed by atoms with Crippen LogP contribution in [0.2, 0.25) is 0 Å². The van der Waals surface area contributed by atoms with Crippen LogP contribution in [-0.2, 0) is 0 Å². The molecule has 0 bridgehead atoms. The molecule has 0 aliphatic carbocycles. The fourth-order valence-electron chi connectivity index (χ4n) is 4.88. The fraction of sp³-hybridized carbons (Fsp3) is 1.00. The number of aliphatic hydroxyl groups excluding tert-OH is 1. The van der Waals surface area contributed by atoms with Crippen molar-refractivity contribution in [2.75, 3.05) is 13.1 Å². The van der Waals surface area contributed by atoms with Gasteiger partial charge in [0.2, 0.25) is 0 Å². The van der Waals surface area contributed by atoms with Crippen molar-refractivity contribution in [3.8, 4) is 0 Å². The number of hydrogen-bond acceptors (Lipinski definition) is 3. The van der Waals surface area contributed by atoms with E-state index in [2.05, 4.69) is 25.7 Å². The Hall–Kier alpha value is -0.120. The van der Waals surface area contributed by atoms with Gasteiger partial charge >= 0.3 is 0 Å². The van der Waals surface area contributed by atoms with E-state index in [1.165, 1.54) is 77.0 Å². The van der Waals surface area contributed by atoms with E-state index in [4.69, 9.17) is 5.73 Å². The minimum Gasteiger partial charge on any atom is -0.393 e. The molecular formula is C24H50N2O. The molecule has 27 heavy (non-hydrogen) atoms. The first-order chi connectivity index (χ1) is 13.1. The first-order valence-electron chi connectivity index (χ1n) is 12.3. The molecule has 3 nitrogen and oxygen atoms in total. The quantitative estimate of drug-likeness (QED) is 0.311. The molecule has 1 saturated heterocycles. The van der Waals surface area contributed by atoms with E-state index < -0.39 is 0 Å². The van der Waals surface area contributed by atoms with E-state index in [1.807, 2.05) is 0 Å². The third-order valence-electron chi connectivity index (χ3n) is 6.69. The lowest BCUT2D eigenvalue weighted by Crippen LogP contribution is -2.62. The van der Waals surface area contributed by atoms with E-state index in [1.54, 1.807) is 0 Å². The first kappa shape index (κ1) is 24.9. The maximum Gasteiger partial charge on any atom is 0.0717 e. The molecule has 3 heteroatoms. The number of piperidine rings is 1. The standard InChI is InChI=1S/C24H50N2O/c1-4-7-11-16-22(21-23(27)17-12-8-5-2)24(25,18-13-9-6-3)26-19-14-10-15-20-26/h22-23,27H,4-21,25H2,1-3H3. The number of likely N-dealkylation sites (tertiary alicyclic amines) is 1. The maximum absolute atomic E-state index is 10.8. The number of rotatable bonds is 16. The molecule has 0 radical (unpaired) electrons. The lowest BCUT2D eigenvalue weighted by atomic mass is 9.78. The van der Waals surface area contributed by atoms with Crippen molar-refractivity contribution in [1.82, 2.24) is 4.90 Å². The van der Waals surface area contributed by atoms with Crippen molar-refractivity contribution in [2.24, 2.45) is 11.7 Å². The van der Waals surface area contributed by atoms with Gasteiger partial charge in [0.25, 0.3) is 0 Å². The molecule has 1 fully saturated rings. The molecule has 3 N–H and O–H groups in total. The van der Waals surface area contributed by atoms with Crippen molar-refractivity contribution >= 4 is 0 Å². The number of unbranched alkanes of at least 4 members (excludes halogenated alkanes) is 6. The molecule has 1 aliphatic heterocycles. The zero-order valence-electron chi connectivity index (χ0n) is 18.9. The predicted octanol–water partition coefficient (Wildman–Crippen LogP) is 6.24. The zero-order valence-corrected chi connectivity index (χ0v) is 18.9. The molecule has 162 valence electrons. The Bertz CT molecular complexity index is 343. The van der Waals surface area contributed by atoms with Crippen LogP contribution in [0.25, 0.3) is 0 Å². The minimum atomic E-state index is -0.213. The van der Waals surface area contributed by atoms with Crippen LogP contribution in [-0.4, -0.2) is 34.9 Å². The van der Waals surface area contributed by atoms with Crippen LogP contribution in [0.5, 0.6) is 0 Å². The highest BCUT2D eigenvalue weighted by Gasteiger charge is 2.40. The second-order valence-corrected chi connectivity index (χ2v) is 9.07. The molecule has 0 amide bonds. The van der Waals surface area contributed by atoms with E-state index >= 15 is 0 Å². The molecule has 0 aromatic heterocycles. The van der Waals surface area contributed by atoms with Crippen molar-refractivity contribution < 1.29 is 5.11 Å². The van der Waals surface area contributed by atoms with Gasteiger partial charge in [-0.2, -0.15) is 0 Å². The van der Waals surface area contributed by atoms with E-state index in [0.717, 1.165) is 38.8 Å². The van der Waals surface area contributed by atoms with Gasteiger partial charge in [0.15, 0.2) is 0 Å². The van der Waals surface area contributed by atoms with Gasteiger partial charge < -0.3 is 10.8 Å². The molecular weight excluding hydrogens is 332 g/mol. The summed E-state index contributed by atoms with van der Waals surface area (Å²) in [6, 6.07) is 0. The van der Waals surface area contributed by atoms with Crippen molar-refractivity contribution in [1.29, 1.82) is 0 Å². The van der Waals surface area contributed by atoms with Crippen molar-refractivity contribution in [3.05, 3.63) is 0 Å². The van der Waals surface area contributed by atoms with Crippen LogP contribution in [0.3, 0.4) is 0 Å². The molecule has 3 atom stereocenters. The lowest BCUT2D eigenvalue weighted by Gasteiger charge is -2.49. The maximum atomic E-state index is 10.8. The van der Waals surface area contributed by atoms with E-state index in [-0.39, 0.29) is 11.8 Å². The van der Waals surface area contributed by atoms with E-state index in [9.17, 15) is 5.11 Å². The number of hydrogen-bond donors (Lipinski definition) is 2. The van der Waals surface area contributed by atoms with Gasteiger partial charge in [-0.15, -0.1) is 0 Å². The van der Waals surface area contributed by atoms with Gasteiger partial charge in [0, 0.05) is 0 Å². The average molecular weight is 383 g/mol. The monoisotopic (exact) mass is 382 g/mol. The summed E-state index contributed by atoms with van der Waals surface area (Å²) in [5.74, 6) is 0.427.